The summed E-state index contributed by atoms with van der Waals surface area (Å²) in [7, 11) is 3.21. The summed E-state index contributed by atoms with van der Waals surface area (Å²) in [6.07, 6.45) is -4.44. The van der Waals surface area contributed by atoms with Gasteiger partial charge in [-0.15, -0.1) is 10.2 Å². The zero-order valence-electron chi connectivity index (χ0n) is 17.6. The van der Waals surface area contributed by atoms with Gasteiger partial charge in [0.1, 0.15) is 5.75 Å². The van der Waals surface area contributed by atoms with Crippen LogP contribution in [0.15, 0.2) is 53.7 Å². The van der Waals surface area contributed by atoms with Gasteiger partial charge in [-0.05, 0) is 42.5 Å². The Bertz CT molecular complexity index is 1130. The normalized spacial score (nSPS) is 11.2. The predicted molar refractivity (Wildman–Crippen MR) is 116 cm³/mol. The molecule has 0 aliphatic heterocycles. The molecule has 8 nitrogen and oxygen atoms in total. The number of hydrogen-bond acceptors (Lipinski definition) is 6. The highest BCUT2D eigenvalue weighted by molar-refractivity contribution is 7.99. The van der Waals surface area contributed by atoms with E-state index in [-0.39, 0.29) is 23.9 Å². The van der Waals surface area contributed by atoms with E-state index in [0.29, 0.717) is 22.3 Å². The molecule has 0 atom stereocenters. The van der Waals surface area contributed by atoms with Crippen LogP contribution in [-0.2, 0) is 24.6 Å². The van der Waals surface area contributed by atoms with Crippen molar-refractivity contribution in [1.82, 2.24) is 20.1 Å². The van der Waals surface area contributed by atoms with Crippen LogP contribution in [0.25, 0.3) is 0 Å². The Morgan fingerprint density at radius 2 is 1.85 bits per heavy atom. The van der Waals surface area contributed by atoms with Crippen molar-refractivity contribution in [2.75, 3.05) is 18.2 Å². The average molecular weight is 479 g/mol. The van der Waals surface area contributed by atoms with Gasteiger partial charge >= 0.3 is 6.18 Å². The SMILES string of the molecule is COc1cccc(C(=O)NCc2nnc(SCC(=O)Nc3ccc(C(F)(F)F)cc3)n2C)c1. The second-order valence-electron chi connectivity index (χ2n) is 6.78. The van der Waals surface area contributed by atoms with Crippen LogP contribution in [0.3, 0.4) is 0 Å². The topological polar surface area (TPSA) is 98.1 Å². The number of alkyl halides is 3. The van der Waals surface area contributed by atoms with Crippen LogP contribution >= 0.6 is 11.8 Å². The molecule has 3 rings (SSSR count). The Balaban J connectivity index is 1.51. The van der Waals surface area contributed by atoms with Crippen LogP contribution in [0, 0.1) is 0 Å². The lowest BCUT2D eigenvalue weighted by Gasteiger charge is -2.09. The van der Waals surface area contributed by atoms with Crippen LogP contribution in [0.2, 0.25) is 0 Å². The number of amides is 2. The maximum atomic E-state index is 12.6. The first-order valence-electron chi connectivity index (χ1n) is 9.58. The molecule has 0 spiro atoms. The lowest BCUT2D eigenvalue weighted by molar-refractivity contribution is -0.137. The minimum Gasteiger partial charge on any atom is -0.497 e. The van der Waals surface area contributed by atoms with E-state index in [2.05, 4.69) is 20.8 Å². The molecular formula is C21H20F3N5O3S. The number of carbonyl (C=O) groups is 2. The van der Waals surface area contributed by atoms with E-state index in [1.54, 1.807) is 35.9 Å². The van der Waals surface area contributed by atoms with Gasteiger partial charge in [-0.2, -0.15) is 13.2 Å². The number of aromatic nitrogens is 3. The van der Waals surface area contributed by atoms with E-state index in [0.717, 1.165) is 23.9 Å². The molecular weight excluding hydrogens is 459 g/mol. The van der Waals surface area contributed by atoms with E-state index >= 15 is 0 Å². The van der Waals surface area contributed by atoms with Gasteiger partial charge in [0.05, 0.1) is 25.0 Å². The highest BCUT2D eigenvalue weighted by atomic mass is 32.2. The molecule has 33 heavy (non-hydrogen) atoms. The number of nitrogens with one attached hydrogen (secondary N) is 2. The number of methoxy groups -OCH3 is 1. The minimum absolute atomic E-state index is 0.0246. The molecule has 0 aliphatic rings. The van der Waals surface area contributed by atoms with Crippen LogP contribution < -0.4 is 15.4 Å². The van der Waals surface area contributed by atoms with Crippen LogP contribution in [0.1, 0.15) is 21.7 Å². The monoisotopic (exact) mass is 479 g/mol. The first kappa shape index (κ1) is 24.1. The Morgan fingerprint density at radius 1 is 1.12 bits per heavy atom. The number of rotatable bonds is 8. The molecule has 174 valence electrons. The third kappa shape index (κ3) is 6.48. The zero-order chi connectivity index (χ0) is 24.0. The molecule has 3 aromatic rings. The standard InChI is InChI=1S/C21H20F3N5O3S/c1-29-17(11-25-19(31)13-4-3-5-16(10-13)32-2)27-28-20(29)33-12-18(30)26-15-8-6-14(7-9-15)21(22,23)24/h3-10H,11-12H2,1-2H3,(H,25,31)(H,26,30). The lowest BCUT2D eigenvalue weighted by atomic mass is 10.2. The Kier molecular flexibility index (Phi) is 7.59. The van der Waals surface area contributed by atoms with E-state index in [9.17, 15) is 22.8 Å². The Morgan fingerprint density at radius 3 is 2.52 bits per heavy atom. The summed E-state index contributed by atoms with van der Waals surface area (Å²) in [5, 5.41) is 13.8. The van der Waals surface area contributed by atoms with Crippen molar-refractivity contribution in [3.05, 3.63) is 65.5 Å². The maximum absolute atomic E-state index is 12.6. The van der Waals surface area contributed by atoms with Gasteiger partial charge in [-0.1, -0.05) is 17.8 Å². The molecule has 0 unspecified atom stereocenters. The average Bonchev–Trinajstić information content (AvgIpc) is 3.15. The molecule has 2 amide bonds. The molecule has 0 bridgehead atoms. The number of benzene rings is 2. The molecule has 0 saturated heterocycles. The lowest BCUT2D eigenvalue weighted by Crippen LogP contribution is -2.24. The molecule has 0 fully saturated rings. The maximum Gasteiger partial charge on any atom is 0.416 e. The molecule has 1 aromatic heterocycles. The molecule has 0 radical (unpaired) electrons. The highest BCUT2D eigenvalue weighted by Gasteiger charge is 2.30. The van der Waals surface area contributed by atoms with E-state index in [4.69, 9.17) is 4.74 Å². The molecule has 0 saturated carbocycles. The van der Waals surface area contributed by atoms with E-state index < -0.39 is 17.6 Å². The Labute approximate surface area is 191 Å². The number of ether oxygens (including phenoxy) is 1. The number of anilines is 1. The third-order valence-corrected chi connectivity index (χ3v) is 5.51. The van der Waals surface area contributed by atoms with Gasteiger partial charge in [0.25, 0.3) is 5.91 Å². The Hall–Kier alpha value is -3.54. The third-order valence-electron chi connectivity index (χ3n) is 4.49. The van der Waals surface area contributed by atoms with Crippen molar-refractivity contribution in [2.24, 2.45) is 7.05 Å². The summed E-state index contributed by atoms with van der Waals surface area (Å²) in [5.41, 5.74) is -0.0986. The van der Waals surface area contributed by atoms with Crippen molar-refractivity contribution in [3.8, 4) is 5.75 Å². The summed E-state index contributed by atoms with van der Waals surface area (Å²) in [4.78, 5) is 24.5. The van der Waals surface area contributed by atoms with Crippen LogP contribution in [0.5, 0.6) is 5.75 Å². The van der Waals surface area contributed by atoms with Crippen molar-refractivity contribution in [2.45, 2.75) is 17.9 Å². The van der Waals surface area contributed by atoms with Crippen molar-refractivity contribution >= 4 is 29.3 Å². The van der Waals surface area contributed by atoms with Gasteiger partial charge in [0.15, 0.2) is 11.0 Å². The second kappa shape index (κ2) is 10.4. The number of carbonyl (C=O) groups excluding carboxylic acids is 2. The fraction of sp³-hybridized carbons (Fsp3) is 0.238. The molecule has 2 aromatic carbocycles. The molecule has 12 heteroatoms. The largest absolute Gasteiger partial charge is 0.497 e. The summed E-state index contributed by atoms with van der Waals surface area (Å²) >= 11 is 1.11. The fourth-order valence-electron chi connectivity index (χ4n) is 2.72. The fourth-order valence-corrected chi connectivity index (χ4v) is 3.45. The first-order valence-corrected chi connectivity index (χ1v) is 10.6. The highest BCUT2D eigenvalue weighted by Crippen LogP contribution is 2.29. The van der Waals surface area contributed by atoms with Gasteiger partial charge in [0, 0.05) is 18.3 Å². The predicted octanol–water partition coefficient (Wildman–Crippen LogP) is 3.50. The first-order chi connectivity index (χ1) is 15.7. The van der Waals surface area contributed by atoms with E-state index in [1.165, 1.54) is 19.2 Å². The second-order valence-corrected chi connectivity index (χ2v) is 7.73. The van der Waals surface area contributed by atoms with E-state index in [1.807, 2.05) is 0 Å². The number of halogens is 3. The van der Waals surface area contributed by atoms with Crippen molar-refractivity contribution in [1.29, 1.82) is 0 Å². The number of thioether (sulfide) groups is 1. The summed E-state index contributed by atoms with van der Waals surface area (Å²) < 4.78 is 44.6. The van der Waals surface area contributed by atoms with Gasteiger partial charge < -0.3 is 19.9 Å². The van der Waals surface area contributed by atoms with Gasteiger partial charge in [0.2, 0.25) is 5.91 Å². The smallest absolute Gasteiger partial charge is 0.416 e. The van der Waals surface area contributed by atoms with Gasteiger partial charge in [-0.25, -0.2) is 0 Å². The summed E-state index contributed by atoms with van der Waals surface area (Å²) in [6, 6.07) is 10.9. The summed E-state index contributed by atoms with van der Waals surface area (Å²) in [5.74, 6) is 0.313. The quantitative estimate of drug-likeness (QED) is 0.480. The van der Waals surface area contributed by atoms with Crippen molar-refractivity contribution in [3.63, 3.8) is 0 Å². The van der Waals surface area contributed by atoms with Crippen molar-refractivity contribution < 1.29 is 27.5 Å². The zero-order valence-corrected chi connectivity index (χ0v) is 18.5. The van der Waals surface area contributed by atoms with Gasteiger partial charge in [-0.3, -0.25) is 9.59 Å². The number of nitrogens with zero attached hydrogens (tertiary/aromatic N) is 3. The van der Waals surface area contributed by atoms with Crippen LogP contribution in [-0.4, -0.2) is 39.4 Å². The van der Waals surface area contributed by atoms with Crippen LogP contribution in [0.4, 0.5) is 18.9 Å². The molecule has 0 aliphatic carbocycles. The summed E-state index contributed by atoms with van der Waals surface area (Å²) in [6.45, 7) is 0.123. The molecule has 2 N–H and O–H groups in total. The number of hydrogen-bond donors (Lipinski definition) is 2. The molecule has 1 heterocycles. The minimum atomic E-state index is -4.44.